The molecule has 0 bridgehead atoms. The Morgan fingerprint density at radius 1 is 1.13 bits per heavy atom. The van der Waals surface area contributed by atoms with E-state index in [1.54, 1.807) is 11.3 Å². The molecule has 0 N–H and O–H groups in total. The Balaban J connectivity index is 2.37. The average molecular weight is 219 g/mol. The fourth-order valence-electron chi connectivity index (χ4n) is 2.72. The summed E-state index contributed by atoms with van der Waals surface area (Å²) >= 11 is 1.79. The first kappa shape index (κ1) is 10.7. The van der Waals surface area contributed by atoms with Crippen molar-refractivity contribution in [3.8, 4) is 6.07 Å². The molecular formula is C13H17NS. The lowest BCUT2D eigenvalue weighted by Gasteiger charge is -2.22. The van der Waals surface area contributed by atoms with Crippen molar-refractivity contribution < 1.29 is 0 Å². The van der Waals surface area contributed by atoms with Crippen molar-refractivity contribution in [2.75, 3.05) is 0 Å². The van der Waals surface area contributed by atoms with Gasteiger partial charge in [0, 0.05) is 9.75 Å². The van der Waals surface area contributed by atoms with Crippen LogP contribution in [0.4, 0.5) is 0 Å². The number of nitriles is 1. The van der Waals surface area contributed by atoms with Crippen LogP contribution in [0, 0.1) is 25.2 Å². The zero-order valence-electron chi connectivity index (χ0n) is 9.47. The third kappa shape index (κ3) is 1.94. The molecule has 0 unspecified atom stereocenters. The summed E-state index contributed by atoms with van der Waals surface area (Å²) in [5, 5.41) is 9.20. The second-order valence-corrected chi connectivity index (χ2v) is 5.88. The largest absolute Gasteiger partial charge is 0.192 e. The zero-order chi connectivity index (χ0) is 10.8. The molecule has 1 saturated carbocycles. The molecule has 80 valence electrons. The van der Waals surface area contributed by atoms with E-state index >= 15 is 0 Å². The number of nitrogens with zero attached hydrogens (tertiary/aromatic N) is 1. The molecule has 0 spiro atoms. The van der Waals surface area contributed by atoms with Gasteiger partial charge < -0.3 is 0 Å². The number of rotatable bonds is 1. The van der Waals surface area contributed by atoms with Crippen molar-refractivity contribution in [2.45, 2.75) is 51.9 Å². The molecule has 1 aromatic rings. The van der Waals surface area contributed by atoms with Gasteiger partial charge in [-0.25, -0.2) is 0 Å². The molecule has 2 heteroatoms. The van der Waals surface area contributed by atoms with Crippen LogP contribution < -0.4 is 0 Å². The van der Waals surface area contributed by atoms with Gasteiger partial charge in [0.2, 0.25) is 0 Å². The van der Waals surface area contributed by atoms with Crippen LogP contribution in [0.1, 0.15) is 58.9 Å². The van der Waals surface area contributed by atoms with Crippen LogP contribution in [0.15, 0.2) is 0 Å². The molecule has 0 amide bonds. The van der Waals surface area contributed by atoms with Gasteiger partial charge in [-0.3, -0.25) is 0 Å². The maximum Gasteiger partial charge on any atom is 0.101 e. The summed E-state index contributed by atoms with van der Waals surface area (Å²) in [5.74, 6) is 0.665. The summed E-state index contributed by atoms with van der Waals surface area (Å²) < 4.78 is 0. The summed E-state index contributed by atoms with van der Waals surface area (Å²) in [6.45, 7) is 4.24. The van der Waals surface area contributed by atoms with Gasteiger partial charge >= 0.3 is 0 Å². The molecule has 0 atom stereocenters. The second-order valence-electron chi connectivity index (χ2n) is 4.45. The Labute approximate surface area is 95.7 Å². The maximum atomic E-state index is 9.20. The molecule has 1 nitrogen and oxygen atoms in total. The third-order valence-electron chi connectivity index (χ3n) is 3.43. The van der Waals surface area contributed by atoms with Crippen LogP contribution in [0.25, 0.3) is 0 Å². The highest BCUT2D eigenvalue weighted by Gasteiger charge is 2.23. The van der Waals surface area contributed by atoms with Crippen molar-refractivity contribution >= 4 is 11.3 Å². The Bertz CT molecular complexity index is 391. The van der Waals surface area contributed by atoms with Gasteiger partial charge in [0.25, 0.3) is 0 Å². The molecule has 1 aromatic heterocycles. The Morgan fingerprint density at radius 2 is 1.80 bits per heavy atom. The monoisotopic (exact) mass is 219 g/mol. The smallest absolute Gasteiger partial charge is 0.101 e. The second kappa shape index (κ2) is 4.37. The Kier molecular flexibility index (Phi) is 3.11. The highest BCUT2D eigenvalue weighted by molar-refractivity contribution is 7.12. The van der Waals surface area contributed by atoms with Crippen molar-refractivity contribution in [3.63, 3.8) is 0 Å². The first-order valence-electron chi connectivity index (χ1n) is 5.74. The predicted octanol–water partition coefficient (Wildman–Crippen LogP) is 4.28. The summed E-state index contributed by atoms with van der Waals surface area (Å²) in [6.07, 6.45) is 6.62. The van der Waals surface area contributed by atoms with Crippen molar-refractivity contribution in [3.05, 3.63) is 20.9 Å². The van der Waals surface area contributed by atoms with Gasteiger partial charge in [0.15, 0.2) is 0 Å². The Morgan fingerprint density at radius 3 is 2.40 bits per heavy atom. The molecular weight excluding hydrogens is 202 g/mol. The minimum Gasteiger partial charge on any atom is -0.192 e. The van der Waals surface area contributed by atoms with Crippen molar-refractivity contribution in [2.24, 2.45) is 0 Å². The molecule has 1 aliphatic carbocycles. The van der Waals surface area contributed by atoms with Gasteiger partial charge in [0.05, 0.1) is 5.56 Å². The van der Waals surface area contributed by atoms with E-state index in [9.17, 15) is 5.26 Å². The van der Waals surface area contributed by atoms with E-state index in [0.29, 0.717) is 5.92 Å². The molecule has 2 rings (SSSR count). The van der Waals surface area contributed by atoms with E-state index < -0.39 is 0 Å². The van der Waals surface area contributed by atoms with Crippen molar-refractivity contribution in [1.82, 2.24) is 0 Å². The Hall–Kier alpha value is -0.810. The lowest BCUT2D eigenvalue weighted by molar-refractivity contribution is 0.443. The fourth-order valence-corrected chi connectivity index (χ4v) is 3.82. The number of aryl methyl sites for hydroxylation is 2. The minimum absolute atomic E-state index is 0.665. The normalized spacial score (nSPS) is 17.7. The van der Waals surface area contributed by atoms with Crippen LogP contribution in [0.3, 0.4) is 0 Å². The van der Waals surface area contributed by atoms with E-state index in [-0.39, 0.29) is 0 Å². The van der Waals surface area contributed by atoms with Crippen LogP contribution in [-0.4, -0.2) is 0 Å². The van der Waals surface area contributed by atoms with E-state index in [4.69, 9.17) is 0 Å². The molecule has 0 aliphatic heterocycles. The zero-order valence-corrected chi connectivity index (χ0v) is 10.3. The quantitative estimate of drug-likeness (QED) is 0.691. The predicted molar refractivity (Wildman–Crippen MR) is 64.3 cm³/mol. The molecule has 0 saturated heterocycles. The number of thiophene rings is 1. The van der Waals surface area contributed by atoms with E-state index in [2.05, 4.69) is 19.9 Å². The summed E-state index contributed by atoms with van der Waals surface area (Å²) in [7, 11) is 0. The van der Waals surface area contributed by atoms with Crippen molar-refractivity contribution in [1.29, 1.82) is 5.26 Å². The molecule has 15 heavy (non-hydrogen) atoms. The number of hydrogen-bond donors (Lipinski definition) is 0. The van der Waals surface area contributed by atoms with Gasteiger partial charge in [-0.05, 0) is 38.2 Å². The van der Waals surface area contributed by atoms with Crippen LogP contribution >= 0.6 is 11.3 Å². The average Bonchev–Trinajstić information content (AvgIpc) is 2.54. The van der Waals surface area contributed by atoms with Crippen LogP contribution in [-0.2, 0) is 0 Å². The fraction of sp³-hybridized carbons (Fsp3) is 0.615. The first-order chi connectivity index (χ1) is 7.24. The summed E-state index contributed by atoms with van der Waals surface area (Å²) in [5.41, 5.74) is 2.35. The lowest BCUT2D eigenvalue weighted by Crippen LogP contribution is -2.06. The minimum atomic E-state index is 0.665. The van der Waals surface area contributed by atoms with E-state index in [0.717, 1.165) is 5.56 Å². The summed E-state index contributed by atoms with van der Waals surface area (Å²) in [4.78, 5) is 2.58. The van der Waals surface area contributed by atoms with Gasteiger partial charge in [-0.2, -0.15) is 5.26 Å². The van der Waals surface area contributed by atoms with Gasteiger partial charge in [-0.1, -0.05) is 19.3 Å². The van der Waals surface area contributed by atoms with E-state index in [1.807, 2.05) is 0 Å². The first-order valence-corrected chi connectivity index (χ1v) is 6.55. The highest BCUT2D eigenvalue weighted by atomic mass is 32.1. The van der Waals surface area contributed by atoms with Gasteiger partial charge in [-0.15, -0.1) is 11.3 Å². The lowest BCUT2D eigenvalue weighted by atomic mass is 9.82. The molecule has 1 heterocycles. The molecule has 1 aliphatic rings. The van der Waals surface area contributed by atoms with E-state index in [1.165, 1.54) is 47.4 Å². The third-order valence-corrected chi connectivity index (χ3v) is 4.47. The molecule has 0 aromatic carbocycles. The van der Waals surface area contributed by atoms with Crippen LogP contribution in [0.5, 0.6) is 0 Å². The topological polar surface area (TPSA) is 23.8 Å². The molecule has 0 radical (unpaired) electrons. The van der Waals surface area contributed by atoms with Gasteiger partial charge in [0.1, 0.15) is 6.07 Å². The SMILES string of the molecule is Cc1sc(C)c(C2CCCCC2)c1C#N. The van der Waals surface area contributed by atoms with Crippen LogP contribution in [0.2, 0.25) is 0 Å². The summed E-state index contributed by atoms with van der Waals surface area (Å²) in [6, 6.07) is 2.39. The standard InChI is InChI=1S/C13H17NS/c1-9-12(8-14)13(10(2)15-9)11-6-4-3-5-7-11/h11H,3-7H2,1-2H3. The molecule has 1 fully saturated rings. The maximum absolute atomic E-state index is 9.20. The highest BCUT2D eigenvalue weighted by Crippen LogP contribution is 2.40. The number of hydrogen-bond acceptors (Lipinski definition) is 2.